The summed E-state index contributed by atoms with van der Waals surface area (Å²) in [6, 6.07) is 6.70. The van der Waals surface area contributed by atoms with E-state index in [0.717, 1.165) is 0 Å². The van der Waals surface area contributed by atoms with E-state index < -0.39 is 23.5 Å². The molecule has 3 aromatic rings. The zero-order valence-electron chi connectivity index (χ0n) is 15.9. The van der Waals surface area contributed by atoms with Gasteiger partial charge in [-0.25, -0.2) is 4.79 Å². The summed E-state index contributed by atoms with van der Waals surface area (Å²) in [6.07, 6.45) is -1.64. The van der Waals surface area contributed by atoms with Gasteiger partial charge in [-0.3, -0.25) is 14.3 Å². The highest BCUT2D eigenvalue weighted by Crippen LogP contribution is 2.18. The Bertz CT molecular complexity index is 1100. The Labute approximate surface area is 170 Å². The quantitative estimate of drug-likeness (QED) is 0.409. The van der Waals surface area contributed by atoms with Gasteiger partial charge in [-0.05, 0) is 31.2 Å². The fourth-order valence-corrected chi connectivity index (χ4v) is 2.90. The van der Waals surface area contributed by atoms with E-state index in [4.69, 9.17) is 16.3 Å². The molecule has 0 spiro atoms. The lowest BCUT2D eigenvalue weighted by molar-refractivity contribution is 0.0938. The molecule has 0 saturated heterocycles. The number of fused-ring (bicyclic) bond motifs is 1. The van der Waals surface area contributed by atoms with E-state index >= 15 is 0 Å². The van der Waals surface area contributed by atoms with E-state index in [1.165, 1.54) is 16.2 Å². The largest absolute Gasteiger partial charge is 0.491 e. The number of hydrogen-bond acceptors (Lipinski definition) is 7. The van der Waals surface area contributed by atoms with Crippen molar-refractivity contribution < 1.29 is 14.9 Å². The molecule has 29 heavy (non-hydrogen) atoms. The number of ether oxygens (including phenoxy) is 1. The number of benzene rings is 1. The molecule has 11 heteroatoms. The summed E-state index contributed by atoms with van der Waals surface area (Å²) in [6.45, 7) is 1.71. The van der Waals surface area contributed by atoms with Crippen LogP contribution in [0.15, 0.2) is 33.9 Å². The van der Waals surface area contributed by atoms with Crippen molar-refractivity contribution in [3.63, 3.8) is 0 Å². The standard InChI is InChI=1S/C18H22ClN5O5/c1-10(25)7-20-17-21-15-14(16(27)22-18(28)23(15)2)24(17)8-12(26)9-29-13-5-3-11(19)4-6-13/h3-6,10,12,25-26H,7-9H2,1-2H3,(H,20,21)(H,22,27,28)/t10-,12-/m1/s1. The first-order valence-electron chi connectivity index (χ1n) is 8.94. The summed E-state index contributed by atoms with van der Waals surface area (Å²) < 4.78 is 8.22. The number of H-pyrrole nitrogens is 1. The van der Waals surface area contributed by atoms with Crippen LogP contribution >= 0.6 is 11.6 Å². The minimum absolute atomic E-state index is 0.0203. The Morgan fingerprint density at radius 1 is 1.28 bits per heavy atom. The number of aliphatic hydroxyl groups excluding tert-OH is 2. The van der Waals surface area contributed by atoms with Crippen molar-refractivity contribution in [2.45, 2.75) is 25.7 Å². The Morgan fingerprint density at radius 2 is 1.97 bits per heavy atom. The van der Waals surface area contributed by atoms with Gasteiger partial charge in [0.25, 0.3) is 5.56 Å². The van der Waals surface area contributed by atoms with Gasteiger partial charge >= 0.3 is 5.69 Å². The first-order valence-corrected chi connectivity index (χ1v) is 9.32. The highest BCUT2D eigenvalue weighted by Gasteiger charge is 2.20. The molecule has 156 valence electrons. The number of aromatic nitrogens is 4. The Balaban J connectivity index is 1.88. The zero-order chi connectivity index (χ0) is 21.1. The molecule has 0 unspecified atom stereocenters. The first kappa shape index (κ1) is 20.9. The summed E-state index contributed by atoms with van der Waals surface area (Å²) in [4.78, 5) is 30.8. The number of aryl methyl sites for hydroxylation is 1. The lowest BCUT2D eigenvalue weighted by atomic mass is 10.3. The van der Waals surface area contributed by atoms with Crippen LogP contribution in [0.2, 0.25) is 5.02 Å². The second-order valence-electron chi connectivity index (χ2n) is 6.69. The third kappa shape index (κ3) is 4.78. The molecule has 0 fully saturated rings. The monoisotopic (exact) mass is 423 g/mol. The molecule has 0 amide bonds. The average Bonchev–Trinajstić information content (AvgIpc) is 3.03. The highest BCUT2D eigenvalue weighted by molar-refractivity contribution is 6.30. The van der Waals surface area contributed by atoms with Crippen LogP contribution in [-0.4, -0.2) is 54.7 Å². The van der Waals surface area contributed by atoms with Gasteiger partial charge in [-0.2, -0.15) is 4.98 Å². The second-order valence-corrected chi connectivity index (χ2v) is 7.12. The van der Waals surface area contributed by atoms with Gasteiger partial charge in [-0.15, -0.1) is 0 Å². The van der Waals surface area contributed by atoms with Crippen molar-refractivity contribution in [2.75, 3.05) is 18.5 Å². The van der Waals surface area contributed by atoms with E-state index in [9.17, 15) is 19.8 Å². The molecule has 2 heterocycles. The molecular weight excluding hydrogens is 402 g/mol. The van der Waals surface area contributed by atoms with Crippen molar-refractivity contribution in [2.24, 2.45) is 7.05 Å². The maximum absolute atomic E-state index is 12.4. The Kier molecular flexibility index (Phi) is 6.26. The lowest BCUT2D eigenvalue weighted by Crippen LogP contribution is -2.31. The molecule has 3 rings (SSSR count). The van der Waals surface area contributed by atoms with Crippen LogP contribution in [0.1, 0.15) is 6.92 Å². The number of aliphatic hydroxyl groups is 2. The van der Waals surface area contributed by atoms with E-state index in [1.54, 1.807) is 31.2 Å². The lowest BCUT2D eigenvalue weighted by Gasteiger charge is -2.16. The van der Waals surface area contributed by atoms with Gasteiger partial charge in [0, 0.05) is 18.6 Å². The van der Waals surface area contributed by atoms with Gasteiger partial charge in [-0.1, -0.05) is 11.6 Å². The molecule has 4 N–H and O–H groups in total. The SMILES string of the molecule is C[C@@H](O)CNc1nc2c(c(=O)[nH]c(=O)n2C)n1C[C@@H](O)COc1ccc(Cl)cc1. The summed E-state index contributed by atoms with van der Waals surface area (Å²) in [5.74, 6) is 0.787. The highest BCUT2D eigenvalue weighted by atomic mass is 35.5. The fourth-order valence-electron chi connectivity index (χ4n) is 2.77. The van der Waals surface area contributed by atoms with Gasteiger partial charge in [0.1, 0.15) is 18.5 Å². The molecule has 0 aliphatic heterocycles. The maximum atomic E-state index is 12.4. The van der Waals surface area contributed by atoms with E-state index in [-0.39, 0.29) is 36.8 Å². The van der Waals surface area contributed by atoms with Crippen LogP contribution < -0.4 is 21.3 Å². The normalized spacial score (nSPS) is 13.4. The van der Waals surface area contributed by atoms with Crippen LogP contribution in [0.25, 0.3) is 11.2 Å². The summed E-state index contributed by atoms with van der Waals surface area (Å²) in [5, 5.41) is 23.5. The molecule has 0 bridgehead atoms. The van der Waals surface area contributed by atoms with Gasteiger partial charge in [0.15, 0.2) is 11.2 Å². The number of anilines is 1. The van der Waals surface area contributed by atoms with Crippen LogP contribution in [-0.2, 0) is 13.6 Å². The minimum Gasteiger partial charge on any atom is -0.491 e. The molecule has 10 nitrogen and oxygen atoms in total. The molecule has 0 radical (unpaired) electrons. The summed E-state index contributed by atoms with van der Waals surface area (Å²) >= 11 is 5.84. The fraction of sp³-hybridized carbons (Fsp3) is 0.389. The van der Waals surface area contributed by atoms with Gasteiger partial charge in [0.2, 0.25) is 5.95 Å². The van der Waals surface area contributed by atoms with E-state index in [1.807, 2.05) is 0 Å². The summed E-state index contributed by atoms with van der Waals surface area (Å²) in [5.41, 5.74) is -0.921. The predicted octanol–water partition coefficient (Wildman–Crippen LogP) is 0.309. The molecule has 2 atom stereocenters. The Hall–Kier alpha value is -2.82. The number of halogens is 1. The molecule has 2 aromatic heterocycles. The molecule has 0 saturated carbocycles. The number of nitrogens with one attached hydrogen (secondary N) is 2. The van der Waals surface area contributed by atoms with Crippen molar-refractivity contribution in [3.8, 4) is 5.75 Å². The van der Waals surface area contributed by atoms with Crippen molar-refractivity contribution in [1.29, 1.82) is 0 Å². The third-order valence-electron chi connectivity index (χ3n) is 4.21. The summed E-state index contributed by atoms with van der Waals surface area (Å²) in [7, 11) is 1.48. The van der Waals surface area contributed by atoms with Crippen LogP contribution in [0.5, 0.6) is 5.75 Å². The predicted molar refractivity (Wildman–Crippen MR) is 109 cm³/mol. The van der Waals surface area contributed by atoms with Crippen molar-refractivity contribution >= 4 is 28.7 Å². The molecule has 0 aliphatic carbocycles. The van der Waals surface area contributed by atoms with Crippen molar-refractivity contribution in [1.82, 2.24) is 19.1 Å². The van der Waals surface area contributed by atoms with E-state index in [0.29, 0.717) is 10.8 Å². The van der Waals surface area contributed by atoms with Crippen LogP contribution in [0.3, 0.4) is 0 Å². The zero-order valence-corrected chi connectivity index (χ0v) is 16.7. The van der Waals surface area contributed by atoms with Crippen LogP contribution in [0, 0.1) is 0 Å². The number of rotatable bonds is 8. The van der Waals surface area contributed by atoms with Gasteiger partial charge in [0.05, 0.1) is 12.6 Å². The van der Waals surface area contributed by atoms with E-state index in [2.05, 4.69) is 15.3 Å². The third-order valence-corrected chi connectivity index (χ3v) is 4.46. The molecule has 1 aromatic carbocycles. The molecule has 0 aliphatic rings. The van der Waals surface area contributed by atoms with Crippen molar-refractivity contribution in [3.05, 3.63) is 50.1 Å². The topological polar surface area (TPSA) is 134 Å². The number of nitrogens with zero attached hydrogens (tertiary/aromatic N) is 3. The number of imidazole rings is 1. The Morgan fingerprint density at radius 3 is 2.62 bits per heavy atom. The smallest absolute Gasteiger partial charge is 0.329 e. The van der Waals surface area contributed by atoms with Gasteiger partial charge < -0.3 is 24.8 Å². The average molecular weight is 424 g/mol. The van der Waals surface area contributed by atoms with Crippen LogP contribution in [0.4, 0.5) is 5.95 Å². The maximum Gasteiger partial charge on any atom is 0.329 e. The number of hydrogen-bond donors (Lipinski definition) is 4. The second kappa shape index (κ2) is 8.68. The minimum atomic E-state index is -0.980. The number of aromatic amines is 1. The molecular formula is C18H22ClN5O5. The first-order chi connectivity index (χ1) is 13.8.